The Labute approximate surface area is 141 Å². The molecule has 0 amide bonds. The molecule has 0 aromatic heterocycles. The number of rotatable bonds is 5. The molecular formula is C10H17F6N3O4S2. The second-order valence-electron chi connectivity index (χ2n) is 4.84. The lowest BCUT2D eigenvalue weighted by Crippen LogP contribution is -2.45. The lowest BCUT2D eigenvalue weighted by Gasteiger charge is -2.17. The third-order valence-electron chi connectivity index (χ3n) is 2.56. The predicted octanol–water partition coefficient (Wildman–Crippen LogP) is 1.74. The molecule has 0 bridgehead atoms. The Morgan fingerprint density at radius 3 is 1.68 bits per heavy atom. The lowest BCUT2D eigenvalue weighted by molar-refractivity contribution is -0.0476. The van der Waals surface area contributed by atoms with Gasteiger partial charge in [-0.25, -0.2) is 16.8 Å². The number of nitrogens with zero attached hydrogens (tertiary/aromatic N) is 2. The summed E-state index contributed by atoms with van der Waals surface area (Å²) in [5.41, 5.74) is -12.3. The highest BCUT2D eigenvalue weighted by atomic mass is 32.3. The summed E-state index contributed by atoms with van der Waals surface area (Å²) < 4.78 is 108. The van der Waals surface area contributed by atoms with E-state index in [0.29, 0.717) is 0 Å². The van der Waals surface area contributed by atoms with Crippen LogP contribution in [0.2, 0.25) is 0 Å². The second-order valence-corrected chi connectivity index (χ2v) is 8.45. The number of halogens is 6. The maximum absolute atomic E-state index is 11.5. The van der Waals surface area contributed by atoms with Crippen LogP contribution in [0, 0.1) is 0 Å². The fourth-order valence-electron chi connectivity index (χ4n) is 1.33. The Hall–Kier alpha value is -1.22. The standard InChI is InChI=1S/C8H16N2.C2HF6NO4S2/c1-3-4-5-10-7-6-9(2)8-10;3-1(4,5)14(10,11)9-15(12,13)2(6,7)8/h6-7H,3-5,8H2,1-2H3;9H. The fraction of sp³-hybridized carbons (Fsp3) is 0.800. The third-order valence-corrected chi connectivity index (χ3v) is 5.54. The van der Waals surface area contributed by atoms with E-state index in [1.165, 1.54) is 19.4 Å². The van der Waals surface area contributed by atoms with Gasteiger partial charge in [0.1, 0.15) is 0 Å². The summed E-state index contributed by atoms with van der Waals surface area (Å²) in [5.74, 6) is 0. The van der Waals surface area contributed by atoms with Crippen molar-refractivity contribution >= 4 is 20.0 Å². The zero-order valence-electron chi connectivity index (χ0n) is 13.1. The molecule has 1 aliphatic rings. The number of sulfonamides is 2. The van der Waals surface area contributed by atoms with Crippen LogP contribution in [0.15, 0.2) is 12.4 Å². The van der Waals surface area contributed by atoms with Crippen LogP contribution in [-0.4, -0.2) is 57.9 Å². The largest absolute Gasteiger partial charge is 0.512 e. The van der Waals surface area contributed by atoms with E-state index in [4.69, 9.17) is 0 Å². The molecule has 0 radical (unpaired) electrons. The molecular weight excluding hydrogens is 404 g/mol. The molecule has 0 fully saturated rings. The third kappa shape index (κ3) is 7.68. The minimum atomic E-state index is -6.60. The Bertz CT molecular complexity index is 615. The predicted molar refractivity (Wildman–Crippen MR) is 76.5 cm³/mol. The van der Waals surface area contributed by atoms with Crippen LogP contribution in [0.1, 0.15) is 19.8 Å². The van der Waals surface area contributed by atoms with Gasteiger partial charge in [0.15, 0.2) is 0 Å². The van der Waals surface area contributed by atoms with Crippen molar-refractivity contribution in [3.05, 3.63) is 12.4 Å². The summed E-state index contributed by atoms with van der Waals surface area (Å²) in [7, 11) is -11.1. The first-order valence-electron chi connectivity index (χ1n) is 6.57. The van der Waals surface area contributed by atoms with Crippen LogP contribution in [0.5, 0.6) is 0 Å². The Morgan fingerprint density at radius 1 is 0.960 bits per heavy atom. The molecule has 0 aromatic rings. The number of hydrogen-bond acceptors (Lipinski definition) is 6. The van der Waals surface area contributed by atoms with Crippen molar-refractivity contribution in [2.45, 2.75) is 30.8 Å². The smallest absolute Gasteiger partial charge is 0.362 e. The highest BCUT2D eigenvalue weighted by molar-refractivity contribution is 8.05. The van der Waals surface area contributed by atoms with Crippen LogP contribution < -0.4 is 4.13 Å². The number of hydrogen-bond donors (Lipinski definition) is 1. The molecule has 0 atom stereocenters. The summed E-state index contributed by atoms with van der Waals surface area (Å²) in [5, 5.41) is 0. The number of nitrogens with one attached hydrogen (secondary N) is 1. The molecule has 0 saturated carbocycles. The van der Waals surface area contributed by atoms with Gasteiger partial charge in [-0.2, -0.15) is 26.3 Å². The van der Waals surface area contributed by atoms with Gasteiger partial charge < -0.3 is 9.80 Å². The molecule has 0 saturated heterocycles. The molecule has 0 aromatic carbocycles. The first-order valence-corrected chi connectivity index (χ1v) is 9.54. The summed E-state index contributed by atoms with van der Waals surface area (Å²) >= 11 is 0. The Kier molecular flexibility index (Phi) is 8.03. The van der Waals surface area contributed by atoms with Crippen LogP contribution in [0.3, 0.4) is 0 Å². The summed E-state index contributed by atoms with van der Waals surface area (Å²) in [6, 6.07) is 0. The molecule has 150 valence electrons. The van der Waals surface area contributed by atoms with E-state index in [9.17, 15) is 43.2 Å². The van der Waals surface area contributed by atoms with E-state index in [-0.39, 0.29) is 0 Å². The summed E-state index contributed by atoms with van der Waals surface area (Å²) in [6.07, 6.45) is 6.87. The SMILES string of the molecule is CCCCN1C=CN(C)C1.O=S(=O)(NS(=O)(=O)C(F)(F)F)C(F)(F)F. The maximum Gasteiger partial charge on any atom is 0.512 e. The molecule has 1 aliphatic heterocycles. The monoisotopic (exact) mass is 421 g/mol. The molecule has 0 spiro atoms. The van der Waals surface area contributed by atoms with Crippen molar-refractivity contribution < 1.29 is 43.2 Å². The average molecular weight is 421 g/mol. The van der Waals surface area contributed by atoms with Crippen molar-refractivity contribution in [1.82, 2.24) is 13.9 Å². The average Bonchev–Trinajstić information content (AvgIpc) is 2.79. The van der Waals surface area contributed by atoms with E-state index < -0.39 is 35.2 Å². The summed E-state index contributed by atoms with van der Waals surface area (Å²) in [4.78, 5) is 4.53. The van der Waals surface area contributed by atoms with E-state index >= 15 is 0 Å². The van der Waals surface area contributed by atoms with E-state index in [0.717, 1.165) is 6.67 Å². The van der Waals surface area contributed by atoms with Crippen molar-refractivity contribution in [2.75, 3.05) is 20.3 Å². The lowest BCUT2D eigenvalue weighted by atomic mass is 10.3. The molecule has 1 heterocycles. The molecule has 15 heteroatoms. The van der Waals surface area contributed by atoms with Crippen LogP contribution in [-0.2, 0) is 20.0 Å². The topological polar surface area (TPSA) is 86.8 Å². The van der Waals surface area contributed by atoms with E-state index in [1.54, 1.807) is 0 Å². The van der Waals surface area contributed by atoms with Crippen molar-refractivity contribution in [2.24, 2.45) is 0 Å². The zero-order chi connectivity index (χ0) is 20.1. The van der Waals surface area contributed by atoms with Crippen molar-refractivity contribution in [1.29, 1.82) is 0 Å². The van der Waals surface area contributed by atoms with E-state index in [1.807, 2.05) is 0 Å². The van der Waals surface area contributed by atoms with Gasteiger partial charge in [0, 0.05) is 26.0 Å². The molecule has 0 aliphatic carbocycles. The van der Waals surface area contributed by atoms with Gasteiger partial charge in [-0.3, -0.25) is 0 Å². The maximum atomic E-state index is 11.5. The van der Waals surface area contributed by atoms with Crippen molar-refractivity contribution in [3.8, 4) is 0 Å². The van der Waals surface area contributed by atoms with Gasteiger partial charge in [0.25, 0.3) is 0 Å². The molecule has 1 N–H and O–H groups in total. The van der Waals surface area contributed by atoms with Gasteiger partial charge in [-0.05, 0) is 6.42 Å². The summed E-state index contributed by atoms with van der Waals surface area (Å²) in [6.45, 7) is 4.50. The number of unbranched alkanes of at least 4 members (excludes halogenated alkanes) is 1. The molecule has 1 rings (SSSR count). The Morgan fingerprint density at radius 2 is 1.40 bits per heavy atom. The molecule has 7 nitrogen and oxygen atoms in total. The van der Waals surface area contributed by atoms with Gasteiger partial charge in [0.05, 0.1) is 6.67 Å². The minimum Gasteiger partial charge on any atom is -0.362 e. The Balaban J connectivity index is 0.000000496. The van der Waals surface area contributed by atoms with E-state index in [2.05, 4.69) is 36.2 Å². The zero-order valence-corrected chi connectivity index (χ0v) is 14.7. The fourth-order valence-corrected chi connectivity index (χ4v) is 3.25. The number of alkyl halides is 6. The normalized spacial score (nSPS) is 16.0. The second kappa shape index (κ2) is 8.44. The quantitative estimate of drug-likeness (QED) is 0.681. The van der Waals surface area contributed by atoms with Gasteiger partial charge in [-0.15, -0.1) is 0 Å². The highest BCUT2D eigenvalue weighted by Crippen LogP contribution is 2.27. The molecule has 25 heavy (non-hydrogen) atoms. The first kappa shape index (κ1) is 23.8. The van der Waals surface area contributed by atoms with Gasteiger partial charge in [0.2, 0.25) is 0 Å². The van der Waals surface area contributed by atoms with Gasteiger partial charge in [-0.1, -0.05) is 17.5 Å². The first-order chi connectivity index (χ1) is 11.0. The van der Waals surface area contributed by atoms with Crippen molar-refractivity contribution in [3.63, 3.8) is 0 Å². The molecule has 0 unspecified atom stereocenters. The highest BCUT2D eigenvalue weighted by Gasteiger charge is 2.55. The van der Waals surface area contributed by atoms with Crippen LogP contribution >= 0.6 is 0 Å². The van der Waals surface area contributed by atoms with Crippen LogP contribution in [0.4, 0.5) is 26.3 Å². The van der Waals surface area contributed by atoms with Crippen LogP contribution in [0.25, 0.3) is 0 Å². The van der Waals surface area contributed by atoms with Gasteiger partial charge >= 0.3 is 31.1 Å². The minimum absolute atomic E-state index is 0.493.